The number of aryl methyl sites for hydroxylation is 1. The molecule has 0 amide bonds. The summed E-state index contributed by atoms with van der Waals surface area (Å²) in [6, 6.07) is 10.3. The second kappa shape index (κ2) is 6.37. The van der Waals surface area contributed by atoms with E-state index in [1.165, 1.54) is 11.1 Å². The molecule has 2 rings (SSSR count). The van der Waals surface area contributed by atoms with Crippen molar-refractivity contribution >= 4 is 11.6 Å². The summed E-state index contributed by atoms with van der Waals surface area (Å²) in [5, 5.41) is 3.32. The molecule has 0 radical (unpaired) electrons. The van der Waals surface area contributed by atoms with E-state index < -0.39 is 0 Å². The molecule has 1 aromatic carbocycles. The summed E-state index contributed by atoms with van der Waals surface area (Å²) in [7, 11) is 0. The highest BCUT2D eigenvalue weighted by atomic mass is 15.0. The van der Waals surface area contributed by atoms with Gasteiger partial charge in [0.2, 0.25) is 0 Å². The number of hydrogen-bond acceptors (Lipinski definition) is 4. The molecule has 2 aromatic rings. The molecule has 4 nitrogen and oxygen atoms in total. The first kappa shape index (κ1) is 14.3. The largest absolute Gasteiger partial charge is 0.384 e. The Morgan fingerprint density at radius 2 is 2.00 bits per heavy atom. The first-order valence-electron chi connectivity index (χ1n) is 6.98. The van der Waals surface area contributed by atoms with Crippen LogP contribution in [0, 0.1) is 6.92 Å². The Balaban J connectivity index is 1.97. The van der Waals surface area contributed by atoms with Crippen LogP contribution in [0.2, 0.25) is 0 Å². The van der Waals surface area contributed by atoms with E-state index in [0.717, 1.165) is 24.6 Å². The maximum atomic E-state index is 5.81. The number of aromatic nitrogens is 2. The monoisotopic (exact) mass is 270 g/mol. The molecule has 0 unspecified atom stereocenters. The van der Waals surface area contributed by atoms with Gasteiger partial charge in [-0.3, -0.25) is 0 Å². The van der Waals surface area contributed by atoms with E-state index >= 15 is 0 Å². The Morgan fingerprint density at radius 1 is 1.20 bits per heavy atom. The number of nitrogen functional groups attached to an aromatic ring is 1. The Bertz CT molecular complexity index is 578. The standard InChI is InChI=1S/C16H22N4/c1-11(2)16-19-14(17)10-15(20-16)18-8-7-13-6-4-5-12(3)9-13/h4-6,9-11H,7-8H2,1-3H3,(H3,17,18,19,20). The van der Waals surface area contributed by atoms with Gasteiger partial charge in [-0.1, -0.05) is 43.7 Å². The van der Waals surface area contributed by atoms with E-state index in [2.05, 4.69) is 60.3 Å². The molecule has 0 spiro atoms. The minimum Gasteiger partial charge on any atom is -0.384 e. The van der Waals surface area contributed by atoms with Crippen molar-refractivity contribution in [1.82, 2.24) is 9.97 Å². The van der Waals surface area contributed by atoms with Crippen LogP contribution in [-0.2, 0) is 6.42 Å². The number of benzene rings is 1. The fourth-order valence-electron chi connectivity index (χ4n) is 2.04. The van der Waals surface area contributed by atoms with Gasteiger partial charge in [0, 0.05) is 18.5 Å². The van der Waals surface area contributed by atoms with Gasteiger partial charge in [0.15, 0.2) is 0 Å². The summed E-state index contributed by atoms with van der Waals surface area (Å²) in [5.41, 5.74) is 8.42. The van der Waals surface area contributed by atoms with Gasteiger partial charge in [0.25, 0.3) is 0 Å². The normalized spacial score (nSPS) is 10.8. The lowest BCUT2D eigenvalue weighted by Crippen LogP contribution is -2.10. The summed E-state index contributed by atoms with van der Waals surface area (Å²) in [6.45, 7) is 7.06. The Morgan fingerprint density at radius 3 is 2.70 bits per heavy atom. The van der Waals surface area contributed by atoms with Crippen molar-refractivity contribution in [1.29, 1.82) is 0 Å². The first-order chi connectivity index (χ1) is 9.54. The molecule has 4 heteroatoms. The smallest absolute Gasteiger partial charge is 0.135 e. The average molecular weight is 270 g/mol. The number of nitrogens with one attached hydrogen (secondary N) is 1. The van der Waals surface area contributed by atoms with E-state index in [0.29, 0.717) is 5.82 Å². The van der Waals surface area contributed by atoms with E-state index in [1.54, 1.807) is 6.07 Å². The van der Waals surface area contributed by atoms with Crippen molar-refractivity contribution in [3.63, 3.8) is 0 Å². The van der Waals surface area contributed by atoms with Crippen LogP contribution in [0.5, 0.6) is 0 Å². The molecule has 0 aliphatic heterocycles. The Kier molecular flexibility index (Phi) is 4.56. The van der Waals surface area contributed by atoms with Crippen molar-refractivity contribution in [3.05, 3.63) is 47.3 Å². The van der Waals surface area contributed by atoms with Crippen LogP contribution in [-0.4, -0.2) is 16.5 Å². The van der Waals surface area contributed by atoms with Crippen molar-refractivity contribution in [2.24, 2.45) is 0 Å². The zero-order valence-corrected chi connectivity index (χ0v) is 12.4. The van der Waals surface area contributed by atoms with Gasteiger partial charge in [0.05, 0.1) is 0 Å². The topological polar surface area (TPSA) is 63.8 Å². The SMILES string of the molecule is Cc1cccc(CCNc2cc(N)nc(C(C)C)n2)c1. The molecule has 106 valence electrons. The van der Waals surface area contributed by atoms with Crippen LogP contribution in [0.25, 0.3) is 0 Å². The summed E-state index contributed by atoms with van der Waals surface area (Å²) in [4.78, 5) is 8.72. The maximum absolute atomic E-state index is 5.81. The average Bonchev–Trinajstić information content (AvgIpc) is 2.38. The Labute approximate surface area is 120 Å². The predicted octanol–water partition coefficient (Wildman–Crippen LogP) is 3.15. The van der Waals surface area contributed by atoms with Crippen LogP contribution in [0.4, 0.5) is 11.6 Å². The van der Waals surface area contributed by atoms with E-state index in [1.807, 2.05) is 0 Å². The molecule has 0 fully saturated rings. The molecule has 1 aromatic heterocycles. The summed E-state index contributed by atoms with van der Waals surface area (Å²) >= 11 is 0. The summed E-state index contributed by atoms with van der Waals surface area (Å²) in [6.07, 6.45) is 0.961. The highest BCUT2D eigenvalue weighted by molar-refractivity contribution is 5.45. The molecule has 0 saturated carbocycles. The second-order valence-corrected chi connectivity index (χ2v) is 5.36. The number of anilines is 2. The van der Waals surface area contributed by atoms with Gasteiger partial charge < -0.3 is 11.1 Å². The van der Waals surface area contributed by atoms with Gasteiger partial charge in [-0.2, -0.15) is 0 Å². The van der Waals surface area contributed by atoms with Gasteiger partial charge in [-0.15, -0.1) is 0 Å². The van der Waals surface area contributed by atoms with Crippen molar-refractivity contribution in [2.75, 3.05) is 17.6 Å². The molecule has 0 aliphatic rings. The number of hydrogen-bond donors (Lipinski definition) is 2. The fraction of sp³-hybridized carbons (Fsp3) is 0.375. The molecule has 0 atom stereocenters. The van der Waals surface area contributed by atoms with Crippen LogP contribution in [0.15, 0.2) is 30.3 Å². The van der Waals surface area contributed by atoms with Crippen LogP contribution >= 0.6 is 0 Å². The third kappa shape index (κ3) is 3.95. The maximum Gasteiger partial charge on any atom is 0.135 e. The Hall–Kier alpha value is -2.10. The van der Waals surface area contributed by atoms with E-state index in [9.17, 15) is 0 Å². The number of nitrogens with zero attached hydrogens (tertiary/aromatic N) is 2. The molecule has 3 N–H and O–H groups in total. The van der Waals surface area contributed by atoms with Gasteiger partial charge in [0.1, 0.15) is 17.5 Å². The highest BCUT2D eigenvalue weighted by Crippen LogP contribution is 2.15. The minimum atomic E-state index is 0.274. The van der Waals surface area contributed by atoms with Crippen molar-refractivity contribution < 1.29 is 0 Å². The van der Waals surface area contributed by atoms with Gasteiger partial charge in [-0.25, -0.2) is 9.97 Å². The van der Waals surface area contributed by atoms with Crippen LogP contribution in [0.3, 0.4) is 0 Å². The first-order valence-corrected chi connectivity index (χ1v) is 6.98. The third-order valence-electron chi connectivity index (χ3n) is 3.08. The zero-order chi connectivity index (χ0) is 14.5. The second-order valence-electron chi connectivity index (χ2n) is 5.36. The molecule has 0 bridgehead atoms. The fourth-order valence-corrected chi connectivity index (χ4v) is 2.04. The lowest BCUT2D eigenvalue weighted by Gasteiger charge is -2.10. The molecular formula is C16H22N4. The lowest BCUT2D eigenvalue weighted by atomic mass is 10.1. The molecule has 0 aliphatic carbocycles. The molecule has 20 heavy (non-hydrogen) atoms. The molecule has 1 heterocycles. The summed E-state index contributed by atoms with van der Waals surface area (Å²) < 4.78 is 0. The van der Waals surface area contributed by atoms with Gasteiger partial charge >= 0.3 is 0 Å². The number of nitrogens with two attached hydrogens (primary N) is 1. The van der Waals surface area contributed by atoms with E-state index in [-0.39, 0.29) is 5.92 Å². The van der Waals surface area contributed by atoms with Gasteiger partial charge in [-0.05, 0) is 18.9 Å². The predicted molar refractivity (Wildman–Crippen MR) is 83.9 cm³/mol. The minimum absolute atomic E-state index is 0.274. The highest BCUT2D eigenvalue weighted by Gasteiger charge is 2.06. The van der Waals surface area contributed by atoms with Crippen molar-refractivity contribution in [2.45, 2.75) is 33.1 Å². The number of rotatable bonds is 5. The molecular weight excluding hydrogens is 248 g/mol. The zero-order valence-electron chi connectivity index (χ0n) is 12.4. The summed E-state index contributed by atoms with van der Waals surface area (Å²) in [5.74, 6) is 2.37. The quantitative estimate of drug-likeness (QED) is 0.876. The van der Waals surface area contributed by atoms with Crippen LogP contribution in [0.1, 0.15) is 36.7 Å². The lowest BCUT2D eigenvalue weighted by molar-refractivity contribution is 0.776. The third-order valence-corrected chi connectivity index (χ3v) is 3.08. The van der Waals surface area contributed by atoms with Crippen LogP contribution < -0.4 is 11.1 Å². The van der Waals surface area contributed by atoms with Crippen molar-refractivity contribution in [3.8, 4) is 0 Å². The molecule has 0 saturated heterocycles. The van der Waals surface area contributed by atoms with E-state index in [4.69, 9.17) is 5.73 Å².